The van der Waals surface area contributed by atoms with Gasteiger partial charge in [0.2, 0.25) is 0 Å². The number of carbonyl (C=O) groups excluding carboxylic acids is 1. The molecule has 0 heterocycles. The molecule has 2 nitrogen and oxygen atoms in total. The molecule has 1 fully saturated rings. The lowest BCUT2D eigenvalue weighted by Crippen LogP contribution is -2.29. The predicted molar refractivity (Wildman–Crippen MR) is 97.0 cm³/mol. The van der Waals surface area contributed by atoms with Crippen LogP contribution >= 0.6 is 15.9 Å². The number of halogens is 1. The lowest BCUT2D eigenvalue weighted by Gasteiger charge is -2.36. The molecule has 0 unspecified atom stereocenters. The summed E-state index contributed by atoms with van der Waals surface area (Å²) < 4.78 is 1.03. The molecule has 1 aliphatic carbocycles. The molecule has 1 atom stereocenters. The Labute approximate surface area is 142 Å². The number of ketones is 1. The third kappa shape index (κ3) is 4.01. The highest BCUT2D eigenvalue weighted by atomic mass is 79.9. The van der Waals surface area contributed by atoms with E-state index in [0.29, 0.717) is 23.5 Å². The molecule has 0 spiro atoms. The highest BCUT2D eigenvalue weighted by Gasteiger charge is 2.33. The maximum atomic E-state index is 12.2. The van der Waals surface area contributed by atoms with E-state index in [9.17, 15) is 4.79 Å². The minimum Gasteiger partial charge on any atom is -0.360 e. The SMILES string of the molecule is CCC(C)(C)[C@@H]1CCC(=O)/C(=C/Nc2ccc(C)cc2Br)C1. The average molecular weight is 364 g/mol. The Morgan fingerprint density at radius 3 is 2.77 bits per heavy atom. The van der Waals surface area contributed by atoms with Gasteiger partial charge in [-0.3, -0.25) is 4.79 Å². The van der Waals surface area contributed by atoms with Crippen LogP contribution in [0.3, 0.4) is 0 Å². The number of rotatable bonds is 4. The maximum Gasteiger partial charge on any atom is 0.160 e. The Morgan fingerprint density at radius 1 is 1.41 bits per heavy atom. The van der Waals surface area contributed by atoms with Crippen LogP contribution in [0.5, 0.6) is 0 Å². The zero-order valence-corrected chi connectivity index (χ0v) is 15.6. The first kappa shape index (κ1) is 17.3. The first-order chi connectivity index (χ1) is 10.3. The molecule has 1 N–H and O–H groups in total. The van der Waals surface area contributed by atoms with Crippen LogP contribution in [0, 0.1) is 18.3 Å². The summed E-state index contributed by atoms with van der Waals surface area (Å²) in [4.78, 5) is 12.2. The van der Waals surface area contributed by atoms with Crippen LogP contribution in [0.1, 0.15) is 52.0 Å². The average Bonchev–Trinajstić information content (AvgIpc) is 2.47. The van der Waals surface area contributed by atoms with E-state index in [-0.39, 0.29) is 0 Å². The second-order valence-electron chi connectivity index (χ2n) is 7.00. The van der Waals surface area contributed by atoms with Crippen molar-refractivity contribution < 1.29 is 4.79 Å². The van der Waals surface area contributed by atoms with Crippen molar-refractivity contribution in [3.63, 3.8) is 0 Å². The van der Waals surface area contributed by atoms with Crippen LogP contribution in [0.15, 0.2) is 34.4 Å². The maximum absolute atomic E-state index is 12.2. The normalized spacial score (nSPS) is 21.2. The minimum absolute atomic E-state index is 0.291. The fraction of sp³-hybridized carbons (Fsp3) is 0.526. The van der Waals surface area contributed by atoms with E-state index in [1.54, 1.807) is 0 Å². The number of allylic oxidation sites excluding steroid dienone is 1. The number of hydrogen-bond acceptors (Lipinski definition) is 2. The Kier molecular flexibility index (Phi) is 5.49. The van der Waals surface area contributed by atoms with Crippen molar-refractivity contribution in [3.05, 3.63) is 40.0 Å². The number of nitrogens with one attached hydrogen (secondary N) is 1. The van der Waals surface area contributed by atoms with Crippen LogP contribution in [-0.2, 0) is 4.79 Å². The van der Waals surface area contributed by atoms with Crippen LogP contribution < -0.4 is 5.32 Å². The van der Waals surface area contributed by atoms with Crippen molar-refractivity contribution in [2.75, 3.05) is 5.32 Å². The quantitative estimate of drug-likeness (QED) is 0.678. The second-order valence-corrected chi connectivity index (χ2v) is 7.86. The molecule has 1 aliphatic rings. The van der Waals surface area contributed by atoms with Crippen LogP contribution in [-0.4, -0.2) is 5.78 Å². The van der Waals surface area contributed by atoms with Gasteiger partial charge in [-0.05, 0) is 64.7 Å². The Hall–Kier alpha value is -1.09. The van der Waals surface area contributed by atoms with Gasteiger partial charge in [0.15, 0.2) is 5.78 Å². The minimum atomic E-state index is 0.291. The lowest BCUT2D eigenvalue weighted by molar-refractivity contribution is -0.117. The zero-order valence-electron chi connectivity index (χ0n) is 14.0. The monoisotopic (exact) mass is 363 g/mol. The van der Waals surface area contributed by atoms with Gasteiger partial charge in [-0.25, -0.2) is 0 Å². The van der Waals surface area contributed by atoms with Crippen LogP contribution in [0.2, 0.25) is 0 Å². The van der Waals surface area contributed by atoms with Gasteiger partial charge in [-0.1, -0.05) is 33.3 Å². The lowest BCUT2D eigenvalue weighted by atomic mass is 9.68. The Bertz CT molecular complexity index is 589. The summed E-state index contributed by atoms with van der Waals surface area (Å²) in [5.74, 6) is 0.878. The number of Topliss-reactive ketones (excluding diaryl/α,β-unsaturated/α-hetero) is 1. The first-order valence-corrected chi connectivity index (χ1v) is 8.87. The van der Waals surface area contributed by atoms with Gasteiger partial charge in [0.05, 0.1) is 5.69 Å². The van der Waals surface area contributed by atoms with E-state index < -0.39 is 0 Å². The molecular formula is C19H26BrNO. The topological polar surface area (TPSA) is 29.1 Å². The van der Waals surface area contributed by atoms with Crippen molar-refractivity contribution in [1.82, 2.24) is 0 Å². The highest BCUT2D eigenvalue weighted by molar-refractivity contribution is 9.10. The molecule has 0 aromatic heterocycles. The van der Waals surface area contributed by atoms with Gasteiger partial charge in [-0.15, -0.1) is 0 Å². The van der Waals surface area contributed by atoms with E-state index in [1.807, 2.05) is 12.3 Å². The highest BCUT2D eigenvalue weighted by Crippen LogP contribution is 2.41. The summed E-state index contributed by atoms with van der Waals surface area (Å²) in [6.45, 7) is 8.93. The van der Waals surface area contributed by atoms with E-state index >= 15 is 0 Å². The molecule has 120 valence electrons. The zero-order chi connectivity index (χ0) is 16.3. The first-order valence-electron chi connectivity index (χ1n) is 8.08. The van der Waals surface area contributed by atoms with E-state index in [4.69, 9.17) is 0 Å². The van der Waals surface area contributed by atoms with Gasteiger partial charge in [0, 0.05) is 22.7 Å². The van der Waals surface area contributed by atoms with Crippen molar-refractivity contribution in [1.29, 1.82) is 0 Å². The molecule has 0 aliphatic heterocycles. The van der Waals surface area contributed by atoms with Gasteiger partial charge in [0.1, 0.15) is 0 Å². The third-order valence-electron chi connectivity index (χ3n) is 5.09. The third-order valence-corrected chi connectivity index (χ3v) is 5.74. The van der Waals surface area contributed by atoms with E-state index in [0.717, 1.165) is 35.0 Å². The number of hydrogen-bond donors (Lipinski definition) is 1. The summed E-state index contributed by atoms with van der Waals surface area (Å²) in [7, 11) is 0. The van der Waals surface area contributed by atoms with Crippen molar-refractivity contribution in [3.8, 4) is 0 Å². The molecule has 0 amide bonds. The molecule has 1 aromatic rings. The Balaban J connectivity index is 2.13. The van der Waals surface area contributed by atoms with Crippen molar-refractivity contribution in [2.24, 2.45) is 11.3 Å². The molecule has 2 rings (SSSR count). The molecule has 0 radical (unpaired) electrons. The molecule has 0 bridgehead atoms. The molecule has 3 heteroatoms. The number of aryl methyl sites for hydroxylation is 1. The molecule has 22 heavy (non-hydrogen) atoms. The number of carbonyl (C=O) groups is 1. The molecule has 1 aromatic carbocycles. The number of anilines is 1. The van der Waals surface area contributed by atoms with Gasteiger partial charge in [-0.2, -0.15) is 0 Å². The summed E-state index contributed by atoms with van der Waals surface area (Å²) in [5, 5.41) is 3.30. The summed E-state index contributed by atoms with van der Waals surface area (Å²) in [6.07, 6.45) is 5.64. The standard InChI is InChI=1S/C19H26BrNO/c1-5-19(3,4)15-7-9-18(22)14(11-15)12-21-17-8-6-13(2)10-16(17)20/h6,8,10,12,15,21H,5,7,9,11H2,1-4H3/b14-12+/t15-/m1/s1. The van der Waals surface area contributed by atoms with Crippen molar-refractivity contribution >= 4 is 27.4 Å². The van der Waals surface area contributed by atoms with Gasteiger partial charge >= 0.3 is 0 Å². The molecule has 0 saturated heterocycles. The van der Waals surface area contributed by atoms with Crippen LogP contribution in [0.4, 0.5) is 5.69 Å². The number of benzene rings is 1. The van der Waals surface area contributed by atoms with E-state index in [2.05, 4.69) is 61.1 Å². The fourth-order valence-electron chi connectivity index (χ4n) is 2.94. The second kappa shape index (κ2) is 6.99. The molecular weight excluding hydrogens is 338 g/mol. The van der Waals surface area contributed by atoms with Crippen LogP contribution in [0.25, 0.3) is 0 Å². The van der Waals surface area contributed by atoms with Crippen molar-refractivity contribution in [2.45, 2.75) is 53.4 Å². The van der Waals surface area contributed by atoms with Gasteiger partial charge in [0.25, 0.3) is 0 Å². The summed E-state index contributed by atoms with van der Waals surface area (Å²) >= 11 is 3.57. The van der Waals surface area contributed by atoms with Gasteiger partial charge < -0.3 is 5.32 Å². The largest absolute Gasteiger partial charge is 0.360 e. The smallest absolute Gasteiger partial charge is 0.160 e. The molecule has 1 saturated carbocycles. The Morgan fingerprint density at radius 2 is 2.14 bits per heavy atom. The van der Waals surface area contributed by atoms with E-state index in [1.165, 1.54) is 5.56 Å². The predicted octanol–water partition coefficient (Wildman–Crippen LogP) is 5.86. The fourth-order valence-corrected chi connectivity index (χ4v) is 3.55. The summed E-state index contributed by atoms with van der Waals surface area (Å²) in [6, 6.07) is 6.18. The summed E-state index contributed by atoms with van der Waals surface area (Å²) in [5.41, 5.74) is 3.45.